The minimum Gasteiger partial charge on any atom is -0.489 e. The highest BCUT2D eigenvalue weighted by Gasteiger charge is 2.40. The predicted molar refractivity (Wildman–Crippen MR) is 127 cm³/mol. The van der Waals surface area contributed by atoms with E-state index in [1.165, 1.54) is 25.3 Å². The van der Waals surface area contributed by atoms with Gasteiger partial charge in [-0.2, -0.15) is 18.2 Å². The molecule has 3 aromatic heterocycles. The Morgan fingerprint density at radius 2 is 1.86 bits per heavy atom. The molecule has 1 aliphatic carbocycles. The van der Waals surface area contributed by atoms with Crippen molar-refractivity contribution in [2.45, 2.75) is 44.1 Å². The van der Waals surface area contributed by atoms with Gasteiger partial charge in [-0.05, 0) is 25.5 Å². The van der Waals surface area contributed by atoms with Crippen molar-refractivity contribution in [1.29, 1.82) is 0 Å². The zero-order valence-corrected chi connectivity index (χ0v) is 21.0. The lowest BCUT2D eigenvalue weighted by Crippen LogP contribution is -2.41. The molecule has 0 N–H and O–H groups in total. The van der Waals surface area contributed by atoms with Gasteiger partial charge in [0.15, 0.2) is 17.1 Å². The number of hydrogen-bond donors (Lipinski definition) is 0. The molecule has 1 aromatic carbocycles. The summed E-state index contributed by atoms with van der Waals surface area (Å²) in [6.45, 7) is 1.22. The Morgan fingerprint density at radius 3 is 2.57 bits per heavy atom. The van der Waals surface area contributed by atoms with E-state index in [2.05, 4.69) is 15.1 Å². The number of alkyl halides is 4. The van der Waals surface area contributed by atoms with Crippen LogP contribution < -0.4 is 4.74 Å². The van der Waals surface area contributed by atoms with Crippen molar-refractivity contribution in [3.8, 4) is 28.7 Å². The standard InChI is InChI=1S/C23H15Cl3F4N4O3/c1-22(27)7-11(2-3-18(22)35)36-17-6-13(24)12(5-14(17)25)19-32-21(37-33-19)16-9-34-8-10(23(28,29)30)4-15(26)20(34)31-16/h4-6,8-9,11H,2-3,7H2,1H3/t11-,22?/m0/s1. The molecule has 194 valence electrons. The largest absolute Gasteiger partial charge is 0.489 e. The number of imidazole rings is 1. The third-order valence-electron chi connectivity index (χ3n) is 5.92. The van der Waals surface area contributed by atoms with Crippen molar-refractivity contribution < 1.29 is 31.6 Å². The van der Waals surface area contributed by atoms with E-state index in [0.29, 0.717) is 6.42 Å². The number of carbonyl (C=O) groups is 1. The summed E-state index contributed by atoms with van der Waals surface area (Å²) in [4.78, 5) is 20.1. The minimum atomic E-state index is -4.59. The topological polar surface area (TPSA) is 82.5 Å². The van der Waals surface area contributed by atoms with Crippen LogP contribution in [0.3, 0.4) is 0 Å². The number of pyridine rings is 1. The van der Waals surface area contributed by atoms with Gasteiger partial charge in [-0.15, -0.1) is 0 Å². The maximum Gasteiger partial charge on any atom is 0.417 e. The number of fused-ring (bicyclic) bond motifs is 1. The zero-order chi connectivity index (χ0) is 26.7. The van der Waals surface area contributed by atoms with Crippen LogP contribution in [0.2, 0.25) is 15.1 Å². The molecular formula is C23H15Cl3F4N4O3. The average molecular weight is 578 g/mol. The summed E-state index contributed by atoms with van der Waals surface area (Å²) >= 11 is 18.7. The first-order valence-corrected chi connectivity index (χ1v) is 11.9. The maximum absolute atomic E-state index is 14.4. The van der Waals surface area contributed by atoms with Crippen LogP contribution in [0.1, 0.15) is 31.7 Å². The first kappa shape index (κ1) is 25.7. The number of ether oxygens (including phenoxy) is 1. The number of ketones is 1. The molecular weight excluding hydrogens is 563 g/mol. The van der Waals surface area contributed by atoms with Gasteiger partial charge < -0.3 is 13.7 Å². The zero-order valence-electron chi connectivity index (χ0n) is 18.7. The van der Waals surface area contributed by atoms with Gasteiger partial charge in [0.1, 0.15) is 17.5 Å². The summed E-state index contributed by atoms with van der Waals surface area (Å²) in [7, 11) is 0. The number of nitrogens with zero attached hydrogens (tertiary/aromatic N) is 4. The lowest BCUT2D eigenvalue weighted by atomic mass is 9.85. The van der Waals surface area contributed by atoms with E-state index < -0.39 is 29.3 Å². The Hall–Kier alpha value is -2.89. The second-order valence-corrected chi connectivity index (χ2v) is 9.94. The van der Waals surface area contributed by atoms with Gasteiger partial charge in [0.25, 0.3) is 5.89 Å². The van der Waals surface area contributed by atoms with Crippen molar-refractivity contribution in [2.24, 2.45) is 0 Å². The number of carbonyl (C=O) groups excluding carboxylic acids is 1. The van der Waals surface area contributed by atoms with Crippen molar-refractivity contribution in [2.75, 3.05) is 0 Å². The molecule has 4 aromatic rings. The summed E-state index contributed by atoms with van der Waals surface area (Å²) in [5, 5.41) is 3.95. The molecule has 2 atom stereocenters. The summed E-state index contributed by atoms with van der Waals surface area (Å²) in [6.07, 6.45) is -2.75. The van der Waals surface area contributed by atoms with Gasteiger partial charge in [0.2, 0.25) is 5.82 Å². The number of halogens is 7. The smallest absolute Gasteiger partial charge is 0.417 e. The first-order chi connectivity index (χ1) is 17.3. The van der Waals surface area contributed by atoms with Crippen LogP contribution in [-0.2, 0) is 11.0 Å². The molecule has 1 saturated carbocycles. The number of hydrogen-bond acceptors (Lipinski definition) is 6. The van der Waals surface area contributed by atoms with Gasteiger partial charge >= 0.3 is 6.18 Å². The second kappa shape index (κ2) is 9.14. The van der Waals surface area contributed by atoms with Gasteiger partial charge in [-0.3, -0.25) is 4.79 Å². The summed E-state index contributed by atoms with van der Waals surface area (Å²) in [6, 6.07) is 3.63. The van der Waals surface area contributed by atoms with Crippen LogP contribution in [0, 0.1) is 0 Å². The highest BCUT2D eigenvalue weighted by Crippen LogP contribution is 2.39. The summed E-state index contributed by atoms with van der Waals surface area (Å²) in [5.41, 5.74) is -2.48. The van der Waals surface area contributed by atoms with Crippen molar-refractivity contribution in [3.63, 3.8) is 0 Å². The summed E-state index contributed by atoms with van der Waals surface area (Å²) < 4.78 is 65.9. The number of aromatic nitrogens is 4. The van der Waals surface area contributed by atoms with E-state index in [-0.39, 0.29) is 62.3 Å². The molecule has 3 heterocycles. The molecule has 14 heteroatoms. The van der Waals surface area contributed by atoms with Gasteiger partial charge in [0, 0.05) is 36.9 Å². The molecule has 1 aliphatic rings. The second-order valence-electron chi connectivity index (χ2n) is 8.72. The predicted octanol–water partition coefficient (Wildman–Crippen LogP) is 7.26. The monoisotopic (exact) mass is 576 g/mol. The van der Waals surface area contributed by atoms with Crippen LogP contribution >= 0.6 is 34.8 Å². The summed E-state index contributed by atoms with van der Waals surface area (Å²) in [5.74, 6) is -0.324. The SMILES string of the molecule is CC1(F)C[C@@H](Oc2cc(Cl)c(-c3noc(-c4cn5cc(C(F)(F)F)cc(Cl)c5n4)n3)cc2Cl)CCC1=O. The molecule has 0 radical (unpaired) electrons. The maximum atomic E-state index is 14.4. The third kappa shape index (κ3) is 4.99. The lowest BCUT2D eigenvalue weighted by Gasteiger charge is -2.31. The Labute approximate surface area is 221 Å². The molecule has 5 rings (SSSR count). The fourth-order valence-corrected chi connectivity index (χ4v) is 4.72. The van der Waals surface area contributed by atoms with Crippen LogP contribution in [0.5, 0.6) is 5.75 Å². The van der Waals surface area contributed by atoms with Crippen LogP contribution in [0.25, 0.3) is 28.6 Å². The van der Waals surface area contributed by atoms with Crippen LogP contribution in [-0.4, -0.2) is 37.1 Å². The van der Waals surface area contributed by atoms with Crippen molar-refractivity contribution in [3.05, 3.63) is 51.2 Å². The van der Waals surface area contributed by atoms with Crippen molar-refractivity contribution >= 4 is 46.2 Å². The van der Waals surface area contributed by atoms with E-state index in [1.54, 1.807) is 0 Å². The Balaban J connectivity index is 1.41. The highest BCUT2D eigenvalue weighted by molar-refractivity contribution is 6.36. The Bertz CT molecular complexity index is 1530. The third-order valence-corrected chi connectivity index (χ3v) is 6.81. The quantitative estimate of drug-likeness (QED) is 0.238. The van der Waals surface area contributed by atoms with E-state index in [0.717, 1.165) is 16.7 Å². The molecule has 1 fully saturated rings. The molecule has 0 amide bonds. The molecule has 0 aliphatic heterocycles. The van der Waals surface area contributed by atoms with E-state index >= 15 is 0 Å². The first-order valence-electron chi connectivity index (χ1n) is 10.8. The van der Waals surface area contributed by atoms with Crippen LogP contribution in [0.4, 0.5) is 17.6 Å². The highest BCUT2D eigenvalue weighted by atomic mass is 35.5. The molecule has 1 unspecified atom stereocenters. The minimum absolute atomic E-state index is 0.0344. The molecule has 37 heavy (non-hydrogen) atoms. The van der Waals surface area contributed by atoms with E-state index in [4.69, 9.17) is 44.1 Å². The molecule has 7 nitrogen and oxygen atoms in total. The van der Waals surface area contributed by atoms with Crippen LogP contribution in [0.15, 0.2) is 35.1 Å². The molecule has 0 saturated heterocycles. The normalized spacial score (nSPS) is 20.5. The van der Waals surface area contributed by atoms with Gasteiger partial charge in [0.05, 0.1) is 20.6 Å². The lowest BCUT2D eigenvalue weighted by molar-refractivity contribution is -0.138. The number of benzene rings is 1. The van der Waals surface area contributed by atoms with Crippen molar-refractivity contribution in [1.82, 2.24) is 19.5 Å². The van der Waals surface area contributed by atoms with E-state index in [9.17, 15) is 22.4 Å². The Morgan fingerprint density at radius 1 is 1.11 bits per heavy atom. The number of Topliss-reactive ketones (excluding diaryl/α,β-unsaturated/α-hetero) is 1. The van der Waals surface area contributed by atoms with E-state index in [1.807, 2.05) is 0 Å². The average Bonchev–Trinajstić information content (AvgIpc) is 3.45. The fraction of sp³-hybridized carbons (Fsp3) is 0.304. The fourth-order valence-electron chi connectivity index (χ4n) is 4.02. The molecule has 0 bridgehead atoms. The van der Waals surface area contributed by atoms with Gasteiger partial charge in [-0.25, -0.2) is 9.37 Å². The molecule has 0 spiro atoms. The van der Waals surface area contributed by atoms with Gasteiger partial charge in [-0.1, -0.05) is 40.0 Å². The number of rotatable bonds is 4. The Kier molecular flexibility index (Phi) is 6.36.